The minimum atomic E-state index is 0.350. The first-order valence-electron chi connectivity index (χ1n) is 6.50. The third-order valence-electron chi connectivity index (χ3n) is 3.52. The maximum absolute atomic E-state index is 5.75. The summed E-state index contributed by atoms with van der Waals surface area (Å²) in [7, 11) is 0. The molecule has 1 fully saturated rings. The fraction of sp³-hybridized carbons (Fsp3) is 1.00. The van der Waals surface area contributed by atoms with E-state index in [1.54, 1.807) is 0 Å². The Labute approximate surface area is 94.8 Å². The summed E-state index contributed by atoms with van der Waals surface area (Å²) in [6.45, 7) is 10.7. The van der Waals surface area contributed by atoms with Crippen LogP contribution in [0.2, 0.25) is 0 Å². The molecule has 90 valence electrons. The summed E-state index contributed by atoms with van der Waals surface area (Å²) in [4.78, 5) is 0. The molecule has 0 aliphatic heterocycles. The molecule has 0 amide bonds. The fourth-order valence-corrected chi connectivity index (χ4v) is 2.66. The Kier molecular flexibility index (Phi) is 5.62. The van der Waals surface area contributed by atoms with Gasteiger partial charge in [-0.3, -0.25) is 0 Å². The van der Waals surface area contributed by atoms with Crippen LogP contribution in [0, 0.1) is 11.8 Å². The summed E-state index contributed by atoms with van der Waals surface area (Å²) < 4.78 is 5.75. The van der Waals surface area contributed by atoms with Crippen molar-refractivity contribution in [2.45, 2.75) is 59.1 Å². The van der Waals surface area contributed by atoms with E-state index < -0.39 is 0 Å². The van der Waals surface area contributed by atoms with Gasteiger partial charge in [-0.2, -0.15) is 0 Å². The first-order valence-corrected chi connectivity index (χ1v) is 6.50. The van der Waals surface area contributed by atoms with E-state index >= 15 is 0 Å². The summed E-state index contributed by atoms with van der Waals surface area (Å²) in [5.41, 5.74) is 0. The van der Waals surface area contributed by atoms with E-state index in [9.17, 15) is 0 Å². The molecule has 0 aromatic heterocycles. The number of rotatable bonds is 6. The molecular formula is C13H27NO. The standard InChI is InChI=1S/C13H27NO/c1-5-14-13(9-15-10(2)3)12-8-6-7-11(12)4/h10-14H,5-9H2,1-4H3. The fourth-order valence-electron chi connectivity index (χ4n) is 2.66. The van der Waals surface area contributed by atoms with Crippen molar-refractivity contribution in [1.29, 1.82) is 0 Å². The van der Waals surface area contributed by atoms with Gasteiger partial charge in [-0.1, -0.05) is 26.7 Å². The van der Waals surface area contributed by atoms with E-state index in [0.717, 1.165) is 25.0 Å². The number of ether oxygens (including phenoxy) is 1. The van der Waals surface area contributed by atoms with Gasteiger partial charge in [0.05, 0.1) is 12.7 Å². The molecule has 0 radical (unpaired) electrons. The highest BCUT2D eigenvalue weighted by Crippen LogP contribution is 2.33. The lowest BCUT2D eigenvalue weighted by Gasteiger charge is -2.28. The molecule has 0 heterocycles. The lowest BCUT2D eigenvalue weighted by atomic mass is 9.90. The molecule has 2 nitrogen and oxygen atoms in total. The average molecular weight is 213 g/mol. The van der Waals surface area contributed by atoms with Crippen molar-refractivity contribution < 1.29 is 4.74 Å². The zero-order valence-electron chi connectivity index (χ0n) is 10.8. The second-order valence-corrected chi connectivity index (χ2v) is 5.12. The zero-order chi connectivity index (χ0) is 11.3. The van der Waals surface area contributed by atoms with E-state index in [1.807, 2.05) is 0 Å². The molecule has 1 N–H and O–H groups in total. The van der Waals surface area contributed by atoms with Crippen LogP contribution in [0.25, 0.3) is 0 Å². The molecule has 1 aliphatic carbocycles. The van der Waals surface area contributed by atoms with Gasteiger partial charge in [0.1, 0.15) is 0 Å². The van der Waals surface area contributed by atoms with E-state index in [1.165, 1.54) is 19.3 Å². The lowest BCUT2D eigenvalue weighted by molar-refractivity contribution is 0.0443. The second-order valence-electron chi connectivity index (χ2n) is 5.12. The van der Waals surface area contributed by atoms with E-state index in [2.05, 4.69) is 33.0 Å². The SMILES string of the molecule is CCNC(COC(C)C)C1CCCC1C. The molecule has 0 saturated heterocycles. The largest absolute Gasteiger partial charge is 0.377 e. The molecule has 3 atom stereocenters. The highest BCUT2D eigenvalue weighted by Gasteiger charge is 2.30. The lowest BCUT2D eigenvalue weighted by Crippen LogP contribution is -2.41. The molecule has 15 heavy (non-hydrogen) atoms. The van der Waals surface area contributed by atoms with Gasteiger partial charge >= 0.3 is 0 Å². The number of hydrogen-bond donors (Lipinski definition) is 1. The first kappa shape index (κ1) is 13.0. The van der Waals surface area contributed by atoms with Gasteiger partial charge in [0.15, 0.2) is 0 Å². The van der Waals surface area contributed by atoms with Crippen LogP contribution in [-0.2, 0) is 4.74 Å². The van der Waals surface area contributed by atoms with Crippen molar-refractivity contribution in [3.05, 3.63) is 0 Å². The Bertz CT molecular complexity index is 170. The maximum Gasteiger partial charge on any atom is 0.0625 e. The molecule has 0 aromatic rings. The first-order chi connectivity index (χ1) is 7.15. The van der Waals surface area contributed by atoms with Gasteiger partial charge in [-0.15, -0.1) is 0 Å². The van der Waals surface area contributed by atoms with Gasteiger partial charge in [0.25, 0.3) is 0 Å². The highest BCUT2D eigenvalue weighted by atomic mass is 16.5. The number of nitrogens with one attached hydrogen (secondary N) is 1. The predicted molar refractivity (Wildman–Crippen MR) is 65.1 cm³/mol. The van der Waals surface area contributed by atoms with Crippen molar-refractivity contribution in [2.24, 2.45) is 11.8 Å². The maximum atomic E-state index is 5.75. The smallest absolute Gasteiger partial charge is 0.0625 e. The van der Waals surface area contributed by atoms with E-state index in [4.69, 9.17) is 4.74 Å². The Morgan fingerprint density at radius 3 is 2.53 bits per heavy atom. The average Bonchev–Trinajstić information content (AvgIpc) is 2.59. The van der Waals surface area contributed by atoms with Crippen LogP contribution in [-0.4, -0.2) is 25.3 Å². The predicted octanol–water partition coefficient (Wildman–Crippen LogP) is 2.83. The molecule has 2 heteroatoms. The highest BCUT2D eigenvalue weighted by molar-refractivity contribution is 4.84. The van der Waals surface area contributed by atoms with Crippen LogP contribution in [0.1, 0.15) is 47.0 Å². The third kappa shape index (κ3) is 4.12. The monoisotopic (exact) mass is 213 g/mol. The summed E-state index contributed by atoms with van der Waals surface area (Å²) in [5.74, 6) is 1.69. The van der Waals surface area contributed by atoms with E-state index in [-0.39, 0.29) is 0 Å². The van der Waals surface area contributed by atoms with Gasteiger partial charge in [-0.25, -0.2) is 0 Å². The minimum absolute atomic E-state index is 0.350. The Hall–Kier alpha value is -0.0800. The van der Waals surface area contributed by atoms with Crippen molar-refractivity contribution in [2.75, 3.05) is 13.2 Å². The molecule has 0 spiro atoms. The Balaban J connectivity index is 2.41. The van der Waals surface area contributed by atoms with Gasteiger partial charge < -0.3 is 10.1 Å². The molecule has 0 aromatic carbocycles. The van der Waals surface area contributed by atoms with Crippen LogP contribution >= 0.6 is 0 Å². The molecule has 0 bridgehead atoms. The molecule has 1 aliphatic rings. The van der Waals surface area contributed by atoms with Gasteiger partial charge in [0, 0.05) is 6.04 Å². The molecular weight excluding hydrogens is 186 g/mol. The van der Waals surface area contributed by atoms with Gasteiger partial charge in [-0.05, 0) is 38.6 Å². The number of likely N-dealkylation sites (N-methyl/N-ethyl adjacent to an activating group) is 1. The number of hydrogen-bond acceptors (Lipinski definition) is 2. The third-order valence-corrected chi connectivity index (χ3v) is 3.52. The van der Waals surface area contributed by atoms with Crippen molar-refractivity contribution in [3.8, 4) is 0 Å². The van der Waals surface area contributed by atoms with Crippen LogP contribution in [0.15, 0.2) is 0 Å². The van der Waals surface area contributed by atoms with Crippen LogP contribution < -0.4 is 5.32 Å². The topological polar surface area (TPSA) is 21.3 Å². The minimum Gasteiger partial charge on any atom is -0.377 e. The van der Waals surface area contributed by atoms with Crippen molar-refractivity contribution in [3.63, 3.8) is 0 Å². The summed E-state index contributed by atoms with van der Waals surface area (Å²) in [6.07, 6.45) is 4.52. The Morgan fingerprint density at radius 1 is 1.33 bits per heavy atom. The van der Waals surface area contributed by atoms with E-state index in [0.29, 0.717) is 12.1 Å². The summed E-state index contributed by atoms with van der Waals surface area (Å²) in [6, 6.07) is 0.565. The zero-order valence-corrected chi connectivity index (χ0v) is 10.8. The molecule has 1 saturated carbocycles. The normalized spacial score (nSPS) is 28.6. The summed E-state index contributed by atoms with van der Waals surface area (Å²) >= 11 is 0. The van der Waals surface area contributed by atoms with Crippen LogP contribution in [0.3, 0.4) is 0 Å². The van der Waals surface area contributed by atoms with Crippen molar-refractivity contribution in [1.82, 2.24) is 5.32 Å². The Morgan fingerprint density at radius 2 is 2.07 bits per heavy atom. The quantitative estimate of drug-likeness (QED) is 0.732. The van der Waals surface area contributed by atoms with Crippen molar-refractivity contribution >= 4 is 0 Å². The molecule has 1 rings (SSSR count). The second kappa shape index (κ2) is 6.49. The van der Waals surface area contributed by atoms with Crippen LogP contribution in [0.4, 0.5) is 0 Å². The van der Waals surface area contributed by atoms with Gasteiger partial charge in [0.2, 0.25) is 0 Å². The summed E-state index contributed by atoms with van der Waals surface area (Å²) in [5, 5.41) is 3.59. The van der Waals surface area contributed by atoms with Crippen LogP contribution in [0.5, 0.6) is 0 Å². The molecule has 3 unspecified atom stereocenters.